The molecule has 0 amide bonds. The van der Waals surface area contributed by atoms with E-state index in [1.165, 1.54) is 0 Å². The Morgan fingerprint density at radius 1 is 1.35 bits per heavy atom. The standard InChI is InChI=1S/C13H14N2O.ClH/c1-9-5-4-8-12-14-11-7-3-2-6-10(11)13(16)15(9)12;/h2-3,6-7,9H,4-5,8H2,1H3;1H. The second-order valence-corrected chi connectivity index (χ2v) is 4.46. The molecule has 0 N–H and O–H groups in total. The smallest absolute Gasteiger partial charge is 0.261 e. The molecule has 1 unspecified atom stereocenters. The number of para-hydroxylation sites is 1. The molecule has 2 aromatic rings. The van der Waals surface area contributed by atoms with Gasteiger partial charge in [-0.1, -0.05) is 12.1 Å². The molecule has 2 heterocycles. The van der Waals surface area contributed by atoms with E-state index in [-0.39, 0.29) is 24.0 Å². The molecule has 90 valence electrons. The summed E-state index contributed by atoms with van der Waals surface area (Å²) in [7, 11) is 0. The van der Waals surface area contributed by atoms with Crippen molar-refractivity contribution in [3.63, 3.8) is 0 Å². The summed E-state index contributed by atoms with van der Waals surface area (Å²) in [5, 5.41) is 0.736. The highest BCUT2D eigenvalue weighted by molar-refractivity contribution is 5.85. The van der Waals surface area contributed by atoms with Crippen molar-refractivity contribution < 1.29 is 0 Å². The van der Waals surface area contributed by atoms with E-state index in [1.807, 2.05) is 28.8 Å². The Kier molecular flexibility index (Phi) is 3.20. The Morgan fingerprint density at radius 3 is 2.94 bits per heavy atom. The van der Waals surface area contributed by atoms with Gasteiger partial charge in [-0.25, -0.2) is 4.98 Å². The van der Waals surface area contributed by atoms with Crippen molar-refractivity contribution in [1.82, 2.24) is 9.55 Å². The fraction of sp³-hybridized carbons (Fsp3) is 0.385. The lowest BCUT2D eigenvalue weighted by Gasteiger charge is -2.24. The second kappa shape index (κ2) is 4.49. The lowest BCUT2D eigenvalue weighted by molar-refractivity contribution is 0.409. The minimum absolute atomic E-state index is 0. The third-order valence-electron chi connectivity index (χ3n) is 3.34. The maximum atomic E-state index is 12.3. The number of aromatic nitrogens is 2. The first kappa shape index (κ1) is 12.1. The highest BCUT2D eigenvalue weighted by Gasteiger charge is 2.19. The minimum atomic E-state index is 0. The number of nitrogens with zero attached hydrogens (tertiary/aromatic N) is 2. The molecule has 1 aromatic heterocycles. The molecule has 1 aliphatic rings. The zero-order valence-electron chi connectivity index (χ0n) is 9.72. The molecule has 3 nitrogen and oxygen atoms in total. The summed E-state index contributed by atoms with van der Waals surface area (Å²) in [6.45, 7) is 2.10. The number of benzene rings is 1. The Balaban J connectivity index is 0.00000108. The summed E-state index contributed by atoms with van der Waals surface area (Å²) >= 11 is 0. The molecule has 1 atom stereocenters. The first-order chi connectivity index (χ1) is 7.77. The Hall–Kier alpha value is -1.35. The van der Waals surface area contributed by atoms with Gasteiger partial charge in [-0.05, 0) is 31.9 Å². The summed E-state index contributed by atoms with van der Waals surface area (Å²) in [5.74, 6) is 0.947. The SMILES string of the molecule is CC1CCCc2nc3ccccc3c(=O)n21.Cl. The molecule has 0 bridgehead atoms. The van der Waals surface area contributed by atoms with Crippen LogP contribution in [0.3, 0.4) is 0 Å². The molecular weight excluding hydrogens is 236 g/mol. The van der Waals surface area contributed by atoms with E-state index >= 15 is 0 Å². The molecule has 4 heteroatoms. The quantitative estimate of drug-likeness (QED) is 0.721. The summed E-state index contributed by atoms with van der Waals surface area (Å²) in [4.78, 5) is 16.9. The predicted molar refractivity (Wildman–Crippen MR) is 70.9 cm³/mol. The molecule has 0 spiro atoms. The number of halogens is 1. The van der Waals surface area contributed by atoms with E-state index in [2.05, 4.69) is 11.9 Å². The highest BCUT2D eigenvalue weighted by Crippen LogP contribution is 2.22. The molecule has 0 saturated heterocycles. The largest absolute Gasteiger partial charge is 0.293 e. The molecule has 1 aliphatic heterocycles. The van der Waals surface area contributed by atoms with Crippen molar-refractivity contribution >= 4 is 23.3 Å². The van der Waals surface area contributed by atoms with E-state index in [1.54, 1.807) is 0 Å². The van der Waals surface area contributed by atoms with Crippen LogP contribution in [0.4, 0.5) is 0 Å². The van der Waals surface area contributed by atoms with Gasteiger partial charge in [0.15, 0.2) is 0 Å². The highest BCUT2D eigenvalue weighted by atomic mass is 35.5. The van der Waals surface area contributed by atoms with Crippen molar-refractivity contribution in [3.05, 3.63) is 40.4 Å². The van der Waals surface area contributed by atoms with Crippen molar-refractivity contribution in [1.29, 1.82) is 0 Å². The van der Waals surface area contributed by atoms with Gasteiger partial charge in [0, 0.05) is 12.5 Å². The third kappa shape index (κ3) is 1.84. The summed E-state index contributed by atoms with van der Waals surface area (Å²) < 4.78 is 1.87. The van der Waals surface area contributed by atoms with Crippen LogP contribution in [0.15, 0.2) is 29.1 Å². The van der Waals surface area contributed by atoms with Crippen LogP contribution in [0.2, 0.25) is 0 Å². The molecule has 0 fully saturated rings. The first-order valence-corrected chi connectivity index (χ1v) is 5.77. The number of hydrogen-bond acceptors (Lipinski definition) is 2. The van der Waals surface area contributed by atoms with Crippen LogP contribution in [0.1, 0.15) is 31.6 Å². The monoisotopic (exact) mass is 250 g/mol. The predicted octanol–water partition coefficient (Wildman–Crippen LogP) is 2.72. The van der Waals surface area contributed by atoms with E-state index in [0.29, 0.717) is 0 Å². The molecule has 0 saturated carbocycles. The van der Waals surface area contributed by atoms with Gasteiger partial charge in [0.1, 0.15) is 5.82 Å². The van der Waals surface area contributed by atoms with E-state index in [4.69, 9.17) is 0 Å². The Morgan fingerprint density at radius 2 is 2.12 bits per heavy atom. The number of rotatable bonds is 0. The Bertz CT molecular complexity index is 606. The van der Waals surface area contributed by atoms with Gasteiger partial charge in [-0.2, -0.15) is 0 Å². The first-order valence-electron chi connectivity index (χ1n) is 5.77. The van der Waals surface area contributed by atoms with Gasteiger partial charge in [0.25, 0.3) is 5.56 Å². The summed E-state index contributed by atoms with van der Waals surface area (Å²) in [6.07, 6.45) is 3.13. The maximum Gasteiger partial charge on any atom is 0.261 e. The van der Waals surface area contributed by atoms with Crippen molar-refractivity contribution in [3.8, 4) is 0 Å². The van der Waals surface area contributed by atoms with Gasteiger partial charge in [-0.15, -0.1) is 12.4 Å². The molecule has 17 heavy (non-hydrogen) atoms. The van der Waals surface area contributed by atoms with Gasteiger partial charge in [0.05, 0.1) is 10.9 Å². The maximum absolute atomic E-state index is 12.3. The normalized spacial score (nSPS) is 18.5. The minimum Gasteiger partial charge on any atom is -0.293 e. The lowest BCUT2D eigenvalue weighted by Crippen LogP contribution is -2.30. The van der Waals surface area contributed by atoms with E-state index in [0.717, 1.165) is 36.0 Å². The molecule has 1 aromatic carbocycles. The summed E-state index contributed by atoms with van der Waals surface area (Å²) in [6, 6.07) is 7.88. The van der Waals surface area contributed by atoms with E-state index in [9.17, 15) is 4.79 Å². The Labute approximate surface area is 106 Å². The van der Waals surface area contributed by atoms with Crippen LogP contribution in [-0.2, 0) is 6.42 Å². The van der Waals surface area contributed by atoms with Gasteiger partial charge < -0.3 is 0 Å². The van der Waals surface area contributed by atoms with Crippen molar-refractivity contribution in [2.75, 3.05) is 0 Å². The van der Waals surface area contributed by atoms with Crippen LogP contribution in [0, 0.1) is 0 Å². The fourth-order valence-electron chi connectivity index (χ4n) is 2.51. The van der Waals surface area contributed by atoms with Crippen LogP contribution in [-0.4, -0.2) is 9.55 Å². The van der Waals surface area contributed by atoms with Gasteiger partial charge in [-0.3, -0.25) is 9.36 Å². The van der Waals surface area contributed by atoms with Crippen LogP contribution in [0.5, 0.6) is 0 Å². The second-order valence-electron chi connectivity index (χ2n) is 4.46. The van der Waals surface area contributed by atoms with Gasteiger partial charge in [0.2, 0.25) is 0 Å². The molecule has 3 rings (SSSR count). The summed E-state index contributed by atoms with van der Waals surface area (Å²) in [5.41, 5.74) is 0.945. The molecular formula is C13H15ClN2O. The zero-order valence-corrected chi connectivity index (χ0v) is 10.5. The lowest BCUT2D eigenvalue weighted by atomic mass is 10.0. The van der Waals surface area contributed by atoms with Crippen molar-refractivity contribution in [2.45, 2.75) is 32.2 Å². The van der Waals surface area contributed by atoms with Crippen LogP contribution >= 0.6 is 12.4 Å². The third-order valence-corrected chi connectivity index (χ3v) is 3.34. The average molecular weight is 251 g/mol. The molecule has 0 radical (unpaired) electrons. The number of hydrogen-bond donors (Lipinski definition) is 0. The van der Waals surface area contributed by atoms with Gasteiger partial charge >= 0.3 is 0 Å². The van der Waals surface area contributed by atoms with Crippen LogP contribution < -0.4 is 5.56 Å². The molecule has 0 aliphatic carbocycles. The fourth-order valence-corrected chi connectivity index (χ4v) is 2.51. The number of fused-ring (bicyclic) bond motifs is 2. The number of aryl methyl sites for hydroxylation is 1. The van der Waals surface area contributed by atoms with E-state index < -0.39 is 0 Å². The average Bonchev–Trinajstić information content (AvgIpc) is 2.29. The topological polar surface area (TPSA) is 34.9 Å². The zero-order chi connectivity index (χ0) is 11.1. The van der Waals surface area contributed by atoms with Crippen molar-refractivity contribution in [2.24, 2.45) is 0 Å². The van der Waals surface area contributed by atoms with Crippen LogP contribution in [0.25, 0.3) is 10.9 Å².